The number of rotatable bonds is 8. The van der Waals surface area contributed by atoms with Crippen LogP contribution in [-0.2, 0) is 6.42 Å². The van der Waals surface area contributed by atoms with Gasteiger partial charge in [-0.05, 0) is 44.6 Å². The Kier molecular flexibility index (Phi) is 7.73. The minimum absolute atomic E-state index is 0.193. The van der Waals surface area contributed by atoms with Crippen LogP contribution in [0.15, 0.2) is 18.2 Å². The van der Waals surface area contributed by atoms with E-state index in [1.54, 1.807) is 0 Å². The summed E-state index contributed by atoms with van der Waals surface area (Å²) >= 11 is 12.2. The van der Waals surface area contributed by atoms with E-state index >= 15 is 0 Å². The zero-order chi connectivity index (χ0) is 14.3. The third kappa shape index (κ3) is 6.11. The first-order chi connectivity index (χ1) is 9.04. The van der Waals surface area contributed by atoms with Gasteiger partial charge < -0.3 is 15.3 Å². The van der Waals surface area contributed by atoms with Crippen LogP contribution >= 0.6 is 23.2 Å². The van der Waals surface area contributed by atoms with Crippen LogP contribution in [0, 0.1) is 0 Å². The normalized spacial score (nSPS) is 12.9. The van der Waals surface area contributed by atoms with Crippen molar-refractivity contribution in [2.45, 2.75) is 19.4 Å². The van der Waals surface area contributed by atoms with Crippen molar-refractivity contribution in [2.24, 2.45) is 0 Å². The largest absolute Gasteiger partial charge is 0.395 e. The summed E-state index contributed by atoms with van der Waals surface area (Å²) in [6.45, 7) is 4.75. The Morgan fingerprint density at radius 1 is 1.32 bits per heavy atom. The van der Waals surface area contributed by atoms with E-state index in [1.807, 2.05) is 25.2 Å². The summed E-state index contributed by atoms with van der Waals surface area (Å²) in [5.41, 5.74) is 0.995. The van der Waals surface area contributed by atoms with E-state index in [4.69, 9.17) is 28.3 Å². The fourth-order valence-corrected chi connectivity index (χ4v) is 2.60. The van der Waals surface area contributed by atoms with Crippen LogP contribution in [0.2, 0.25) is 10.0 Å². The number of aliphatic hydroxyl groups excluding tert-OH is 1. The number of nitrogens with zero attached hydrogens (tertiary/aromatic N) is 1. The fraction of sp³-hybridized carbons (Fsp3) is 0.571. The maximum Gasteiger partial charge on any atom is 0.0558 e. The van der Waals surface area contributed by atoms with Gasteiger partial charge in [-0.15, -0.1) is 0 Å². The van der Waals surface area contributed by atoms with Crippen molar-refractivity contribution in [1.82, 2.24) is 10.2 Å². The van der Waals surface area contributed by atoms with E-state index < -0.39 is 0 Å². The Balaban J connectivity index is 2.34. The van der Waals surface area contributed by atoms with Crippen LogP contribution in [0.1, 0.15) is 12.5 Å². The zero-order valence-electron chi connectivity index (χ0n) is 11.5. The summed E-state index contributed by atoms with van der Waals surface area (Å²) in [4.78, 5) is 2.10. The lowest BCUT2D eigenvalue weighted by Gasteiger charge is -2.21. The predicted molar refractivity (Wildman–Crippen MR) is 82.2 cm³/mol. The van der Waals surface area contributed by atoms with Gasteiger partial charge in [0.15, 0.2) is 0 Å². The van der Waals surface area contributed by atoms with Crippen molar-refractivity contribution in [2.75, 3.05) is 33.3 Å². The van der Waals surface area contributed by atoms with Crippen molar-refractivity contribution in [3.63, 3.8) is 0 Å². The molecule has 3 nitrogen and oxygen atoms in total. The Morgan fingerprint density at radius 2 is 1.95 bits per heavy atom. The number of hydrogen-bond acceptors (Lipinski definition) is 3. The molecule has 1 aromatic carbocycles. The highest BCUT2D eigenvalue weighted by Crippen LogP contribution is 2.24. The SMILES string of the molecule is CC(CN(C)CCO)NCCc1c(Cl)cccc1Cl. The van der Waals surface area contributed by atoms with Crippen LogP contribution in [-0.4, -0.2) is 49.3 Å². The molecule has 1 rings (SSSR count). The Bertz CT molecular complexity index is 367. The van der Waals surface area contributed by atoms with E-state index in [2.05, 4.69) is 17.1 Å². The third-order valence-electron chi connectivity index (χ3n) is 3.00. The van der Waals surface area contributed by atoms with Crippen molar-refractivity contribution in [3.8, 4) is 0 Å². The van der Waals surface area contributed by atoms with Gasteiger partial charge in [0.1, 0.15) is 0 Å². The highest BCUT2D eigenvalue weighted by Gasteiger charge is 2.08. The minimum atomic E-state index is 0.193. The van der Waals surface area contributed by atoms with Gasteiger partial charge in [-0.25, -0.2) is 0 Å². The highest BCUT2D eigenvalue weighted by atomic mass is 35.5. The number of hydrogen-bond donors (Lipinski definition) is 2. The average molecular weight is 305 g/mol. The second-order valence-corrected chi connectivity index (χ2v) is 5.61. The molecule has 0 aliphatic heterocycles. The minimum Gasteiger partial charge on any atom is -0.395 e. The summed E-state index contributed by atoms with van der Waals surface area (Å²) in [6.07, 6.45) is 0.812. The third-order valence-corrected chi connectivity index (χ3v) is 3.70. The van der Waals surface area contributed by atoms with Crippen LogP contribution < -0.4 is 5.32 Å². The number of aliphatic hydroxyl groups is 1. The molecule has 0 spiro atoms. The summed E-state index contributed by atoms with van der Waals surface area (Å²) in [7, 11) is 2.00. The van der Waals surface area contributed by atoms with E-state index in [-0.39, 0.29) is 6.61 Å². The lowest BCUT2D eigenvalue weighted by Crippen LogP contribution is -2.39. The van der Waals surface area contributed by atoms with Gasteiger partial charge in [0.05, 0.1) is 6.61 Å². The van der Waals surface area contributed by atoms with Gasteiger partial charge in [-0.2, -0.15) is 0 Å². The van der Waals surface area contributed by atoms with Crippen LogP contribution in [0.3, 0.4) is 0 Å². The van der Waals surface area contributed by atoms with E-state index in [9.17, 15) is 0 Å². The molecule has 0 saturated heterocycles. The molecule has 5 heteroatoms. The average Bonchev–Trinajstić information content (AvgIpc) is 2.33. The predicted octanol–water partition coefficient (Wildman–Crippen LogP) is 2.44. The van der Waals surface area contributed by atoms with Gasteiger partial charge >= 0.3 is 0 Å². The molecule has 1 unspecified atom stereocenters. The summed E-state index contributed by atoms with van der Waals surface area (Å²) in [5, 5.41) is 13.7. The molecule has 1 aromatic rings. The Hall–Kier alpha value is -0.320. The molecule has 1 atom stereocenters. The first-order valence-electron chi connectivity index (χ1n) is 6.50. The van der Waals surface area contributed by atoms with E-state index in [1.165, 1.54) is 0 Å². The molecule has 19 heavy (non-hydrogen) atoms. The topological polar surface area (TPSA) is 35.5 Å². The Labute approximate surface area is 125 Å². The summed E-state index contributed by atoms with van der Waals surface area (Å²) in [6, 6.07) is 5.94. The van der Waals surface area contributed by atoms with Gasteiger partial charge in [-0.1, -0.05) is 29.3 Å². The smallest absolute Gasteiger partial charge is 0.0558 e. The molecule has 108 valence electrons. The summed E-state index contributed by atoms with van der Waals surface area (Å²) in [5.74, 6) is 0. The Morgan fingerprint density at radius 3 is 2.53 bits per heavy atom. The van der Waals surface area contributed by atoms with Gasteiger partial charge in [0.25, 0.3) is 0 Å². The first-order valence-corrected chi connectivity index (χ1v) is 7.26. The second-order valence-electron chi connectivity index (χ2n) is 4.79. The number of likely N-dealkylation sites (N-methyl/N-ethyl adjacent to an activating group) is 1. The lowest BCUT2D eigenvalue weighted by atomic mass is 10.1. The molecule has 0 fully saturated rings. The van der Waals surface area contributed by atoms with E-state index in [0.717, 1.165) is 35.1 Å². The fourth-order valence-electron chi connectivity index (χ4n) is 2.01. The molecule has 0 heterocycles. The molecule has 0 amide bonds. The van der Waals surface area contributed by atoms with Crippen LogP contribution in [0.5, 0.6) is 0 Å². The summed E-state index contributed by atoms with van der Waals surface area (Å²) < 4.78 is 0. The second kappa shape index (κ2) is 8.77. The van der Waals surface area contributed by atoms with Crippen molar-refractivity contribution < 1.29 is 5.11 Å². The highest BCUT2D eigenvalue weighted by molar-refractivity contribution is 6.35. The molecule has 0 saturated carbocycles. The number of halogens is 2. The number of benzene rings is 1. The molecule has 0 aliphatic rings. The van der Waals surface area contributed by atoms with Crippen molar-refractivity contribution >= 4 is 23.2 Å². The zero-order valence-corrected chi connectivity index (χ0v) is 13.0. The van der Waals surface area contributed by atoms with Crippen LogP contribution in [0.25, 0.3) is 0 Å². The lowest BCUT2D eigenvalue weighted by molar-refractivity contribution is 0.211. The molecular weight excluding hydrogens is 283 g/mol. The molecule has 0 aromatic heterocycles. The maximum absolute atomic E-state index is 8.84. The van der Waals surface area contributed by atoms with Crippen molar-refractivity contribution in [1.29, 1.82) is 0 Å². The van der Waals surface area contributed by atoms with Crippen molar-refractivity contribution in [3.05, 3.63) is 33.8 Å². The molecule has 2 N–H and O–H groups in total. The quantitative estimate of drug-likeness (QED) is 0.774. The monoisotopic (exact) mass is 304 g/mol. The molecule has 0 bridgehead atoms. The van der Waals surface area contributed by atoms with Gasteiger partial charge in [0.2, 0.25) is 0 Å². The standard InChI is InChI=1S/C14H22Cl2N2O/c1-11(10-18(2)8-9-19)17-7-6-12-13(15)4-3-5-14(12)16/h3-5,11,17,19H,6-10H2,1-2H3. The molecular formula is C14H22Cl2N2O. The first kappa shape index (κ1) is 16.7. The maximum atomic E-state index is 8.84. The molecule has 0 radical (unpaired) electrons. The van der Waals surface area contributed by atoms with Crippen LogP contribution in [0.4, 0.5) is 0 Å². The van der Waals surface area contributed by atoms with Gasteiger partial charge in [0, 0.05) is 29.2 Å². The van der Waals surface area contributed by atoms with E-state index in [0.29, 0.717) is 12.6 Å². The van der Waals surface area contributed by atoms with Gasteiger partial charge in [-0.3, -0.25) is 0 Å². The molecule has 0 aliphatic carbocycles. The number of nitrogens with one attached hydrogen (secondary N) is 1.